The summed E-state index contributed by atoms with van der Waals surface area (Å²) in [6.45, 7) is 5.42. The molecule has 0 aliphatic carbocycles. The third kappa shape index (κ3) is 4.04. The fourth-order valence-electron chi connectivity index (χ4n) is 1.75. The topological polar surface area (TPSA) is 29.9 Å². The number of nitrogens with zero attached hydrogens (tertiary/aromatic N) is 2. The van der Waals surface area contributed by atoms with Gasteiger partial charge in [0.1, 0.15) is 5.82 Å². The number of nitrogens with one attached hydrogen (secondary N) is 1. The smallest absolute Gasteiger partial charge is 0.123 e. The largest absolute Gasteiger partial charge is 0.333 e. The fraction of sp³-hybridized carbons (Fsp3) is 0.357. The zero-order chi connectivity index (χ0) is 13.8. The lowest BCUT2D eigenvalue weighted by atomic mass is 10.2. The van der Waals surface area contributed by atoms with Gasteiger partial charge in [-0.25, -0.2) is 9.37 Å². The Morgan fingerprint density at radius 3 is 2.95 bits per heavy atom. The molecule has 0 bridgehead atoms. The molecule has 0 fully saturated rings. The first-order valence-electron chi connectivity index (χ1n) is 6.22. The van der Waals surface area contributed by atoms with Crippen molar-refractivity contribution >= 4 is 11.6 Å². The van der Waals surface area contributed by atoms with E-state index in [1.807, 2.05) is 10.8 Å². The van der Waals surface area contributed by atoms with Gasteiger partial charge in [0.05, 0.1) is 18.6 Å². The van der Waals surface area contributed by atoms with Gasteiger partial charge in [-0.3, -0.25) is 0 Å². The Balaban J connectivity index is 2.05. The minimum Gasteiger partial charge on any atom is -0.333 e. The lowest BCUT2D eigenvalue weighted by Crippen LogP contribution is -2.21. The normalized spacial score (nSPS) is 11.2. The molecule has 5 heteroatoms. The number of benzene rings is 1. The molecule has 1 aromatic heterocycles. The highest BCUT2D eigenvalue weighted by atomic mass is 35.5. The van der Waals surface area contributed by atoms with E-state index in [9.17, 15) is 4.39 Å². The molecule has 2 rings (SSSR count). The van der Waals surface area contributed by atoms with Crippen LogP contribution < -0.4 is 5.32 Å². The zero-order valence-corrected chi connectivity index (χ0v) is 11.8. The molecular formula is C14H17ClFN3. The highest BCUT2D eigenvalue weighted by molar-refractivity contribution is 6.31. The molecule has 0 amide bonds. The van der Waals surface area contributed by atoms with Gasteiger partial charge in [-0.2, -0.15) is 0 Å². The van der Waals surface area contributed by atoms with Crippen molar-refractivity contribution in [1.82, 2.24) is 14.9 Å². The number of aromatic nitrogens is 2. The van der Waals surface area contributed by atoms with Crippen molar-refractivity contribution in [2.24, 2.45) is 0 Å². The van der Waals surface area contributed by atoms with Crippen LogP contribution in [0.3, 0.4) is 0 Å². The zero-order valence-electron chi connectivity index (χ0n) is 11.0. The first kappa shape index (κ1) is 14.0. The van der Waals surface area contributed by atoms with Crippen molar-refractivity contribution in [2.45, 2.75) is 33.0 Å². The molecule has 3 nitrogen and oxygen atoms in total. The molecule has 2 aromatic rings. The number of hydrogen-bond donors (Lipinski definition) is 1. The Morgan fingerprint density at radius 2 is 2.21 bits per heavy atom. The maximum atomic E-state index is 13.2. The quantitative estimate of drug-likeness (QED) is 0.912. The Morgan fingerprint density at radius 1 is 1.42 bits per heavy atom. The van der Waals surface area contributed by atoms with Crippen molar-refractivity contribution in [2.75, 3.05) is 0 Å². The second-order valence-corrected chi connectivity index (χ2v) is 5.22. The molecule has 0 atom stereocenters. The lowest BCUT2D eigenvalue weighted by Gasteiger charge is -2.06. The van der Waals surface area contributed by atoms with Crippen LogP contribution in [0, 0.1) is 5.82 Å². The van der Waals surface area contributed by atoms with Gasteiger partial charge in [-0.05, 0) is 23.8 Å². The predicted molar refractivity (Wildman–Crippen MR) is 74.7 cm³/mol. The van der Waals surface area contributed by atoms with Gasteiger partial charge in [-0.15, -0.1) is 0 Å². The summed E-state index contributed by atoms with van der Waals surface area (Å²) in [4.78, 5) is 4.30. The molecule has 0 aliphatic rings. The summed E-state index contributed by atoms with van der Waals surface area (Å²) < 4.78 is 15.1. The molecular weight excluding hydrogens is 265 g/mol. The summed E-state index contributed by atoms with van der Waals surface area (Å²) in [5, 5.41) is 3.86. The second-order valence-electron chi connectivity index (χ2n) is 4.81. The summed E-state index contributed by atoms with van der Waals surface area (Å²) >= 11 is 6.04. The Kier molecular flexibility index (Phi) is 4.56. The number of halogens is 2. The van der Waals surface area contributed by atoms with Gasteiger partial charge >= 0.3 is 0 Å². The van der Waals surface area contributed by atoms with Crippen LogP contribution in [0.5, 0.6) is 0 Å². The summed E-state index contributed by atoms with van der Waals surface area (Å²) in [7, 11) is 0. The van der Waals surface area contributed by atoms with Crippen LogP contribution in [-0.4, -0.2) is 15.6 Å². The SMILES string of the molecule is CC(C)NCc1cn(Cc2cc(F)ccc2Cl)cn1. The van der Waals surface area contributed by atoms with Crippen molar-refractivity contribution in [3.8, 4) is 0 Å². The Labute approximate surface area is 117 Å². The predicted octanol–water partition coefficient (Wildman–Crippen LogP) is 3.22. The first-order chi connectivity index (χ1) is 9.04. The molecule has 1 N–H and O–H groups in total. The van der Waals surface area contributed by atoms with Crippen molar-refractivity contribution in [3.63, 3.8) is 0 Å². The molecule has 0 aliphatic heterocycles. The van der Waals surface area contributed by atoms with Crippen molar-refractivity contribution < 1.29 is 4.39 Å². The Hall–Kier alpha value is -1.39. The van der Waals surface area contributed by atoms with E-state index in [2.05, 4.69) is 24.1 Å². The van der Waals surface area contributed by atoms with E-state index in [0.717, 1.165) is 17.8 Å². The van der Waals surface area contributed by atoms with Crippen LogP contribution in [0.2, 0.25) is 5.02 Å². The van der Waals surface area contributed by atoms with Gasteiger partial charge in [-0.1, -0.05) is 25.4 Å². The monoisotopic (exact) mass is 281 g/mol. The molecule has 0 spiro atoms. The van der Waals surface area contributed by atoms with E-state index >= 15 is 0 Å². The van der Waals surface area contributed by atoms with Gasteiger partial charge in [0.15, 0.2) is 0 Å². The van der Waals surface area contributed by atoms with E-state index in [0.29, 0.717) is 17.6 Å². The summed E-state index contributed by atoms with van der Waals surface area (Å²) in [5.74, 6) is -0.277. The van der Waals surface area contributed by atoms with Gasteiger partial charge in [0, 0.05) is 23.8 Å². The van der Waals surface area contributed by atoms with Gasteiger partial charge < -0.3 is 9.88 Å². The van der Waals surface area contributed by atoms with E-state index < -0.39 is 0 Å². The summed E-state index contributed by atoms with van der Waals surface area (Å²) in [5.41, 5.74) is 1.71. The molecule has 0 radical (unpaired) electrons. The highest BCUT2D eigenvalue weighted by Gasteiger charge is 2.05. The molecule has 0 saturated carbocycles. The first-order valence-corrected chi connectivity index (χ1v) is 6.60. The third-order valence-corrected chi connectivity index (χ3v) is 3.11. The highest BCUT2D eigenvalue weighted by Crippen LogP contribution is 2.18. The summed E-state index contributed by atoms with van der Waals surface area (Å²) in [6, 6.07) is 4.80. The maximum Gasteiger partial charge on any atom is 0.123 e. The van der Waals surface area contributed by atoms with Crippen LogP contribution in [0.4, 0.5) is 4.39 Å². The molecule has 1 heterocycles. The molecule has 0 unspecified atom stereocenters. The standard InChI is InChI=1S/C14H17ClFN3/c1-10(2)17-6-13-8-19(9-18-13)7-11-5-12(16)3-4-14(11)15/h3-5,8-10,17H,6-7H2,1-2H3. The van der Waals surface area contributed by atoms with E-state index in [1.165, 1.54) is 12.1 Å². The number of rotatable bonds is 5. The number of imidazole rings is 1. The van der Waals surface area contributed by atoms with E-state index in [4.69, 9.17) is 11.6 Å². The molecule has 1 aromatic carbocycles. The lowest BCUT2D eigenvalue weighted by molar-refractivity contribution is 0.582. The number of hydrogen-bond acceptors (Lipinski definition) is 2. The maximum absolute atomic E-state index is 13.2. The fourth-order valence-corrected chi connectivity index (χ4v) is 1.93. The van der Waals surface area contributed by atoms with Crippen LogP contribution in [-0.2, 0) is 13.1 Å². The average Bonchev–Trinajstić information content (AvgIpc) is 2.79. The molecule has 19 heavy (non-hydrogen) atoms. The third-order valence-electron chi connectivity index (χ3n) is 2.74. The van der Waals surface area contributed by atoms with E-state index in [1.54, 1.807) is 12.4 Å². The average molecular weight is 282 g/mol. The molecule has 0 saturated heterocycles. The van der Waals surface area contributed by atoms with Crippen molar-refractivity contribution in [1.29, 1.82) is 0 Å². The van der Waals surface area contributed by atoms with Crippen LogP contribution in [0.1, 0.15) is 25.1 Å². The minimum atomic E-state index is -0.277. The molecule has 102 valence electrons. The van der Waals surface area contributed by atoms with Crippen LogP contribution >= 0.6 is 11.6 Å². The van der Waals surface area contributed by atoms with Gasteiger partial charge in [0.2, 0.25) is 0 Å². The summed E-state index contributed by atoms with van der Waals surface area (Å²) in [6.07, 6.45) is 3.68. The second kappa shape index (κ2) is 6.17. The van der Waals surface area contributed by atoms with Crippen LogP contribution in [0.15, 0.2) is 30.7 Å². The minimum absolute atomic E-state index is 0.277. The van der Waals surface area contributed by atoms with Crippen LogP contribution in [0.25, 0.3) is 0 Å². The van der Waals surface area contributed by atoms with E-state index in [-0.39, 0.29) is 5.82 Å². The van der Waals surface area contributed by atoms with Crippen molar-refractivity contribution in [3.05, 3.63) is 52.8 Å². The Bertz CT molecular complexity index is 551. The van der Waals surface area contributed by atoms with Gasteiger partial charge in [0.25, 0.3) is 0 Å².